The summed E-state index contributed by atoms with van der Waals surface area (Å²) in [5.41, 5.74) is 3.23. The van der Waals surface area contributed by atoms with Crippen LogP contribution in [0.2, 0.25) is 0 Å². The fourth-order valence-electron chi connectivity index (χ4n) is 9.98. The van der Waals surface area contributed by atoms with Crippen molar-refractivity contribution >= 4 is 75.4 Å². The van der Waals surface area contributed by atoms with Crippen LogP contribution in [-0.2, 0) is 19.2 Å². The standard InChI is InChI=1S/C34H62N2O2Se.C32H58N2O2Se/c1-3-5-7-9-11-13-15-17-19-21-23-25-27-33(37)35-31-29-39-30-32(31)36-34(38)28-26-24-22-20-18-16-14-12-10-8-6-4-2;1-3-5-7-9-11-13-15-17-19-21-23-25-31(35)33-29-27-37-28-30(29)34-32(36)26-24-22-20-18-16-14-12-10-8-6-4-2/h29-30H,3-28H2,1-2H3,(H,35,37)(H,36,38);27-28H,3-26H2,1-2H3,(H,33,35)(H,34,36). The van der Waals surface area contributed by atoms with Crippen LogP contribution in [0.5, 0.6) is 0 Å². The van der Waals surface area contributed by atoms with E-state index >= 15 is 0 Å². The Morgan fingerprint density at radius 3 is 0.513 bits per heavy atom. The van der Waals surface area contributed by atoms with E-state index in [9.17, 15) is 19.2 Å². The van der Waals surface area contributed by atoms with Crippen molar-refractivity contribution < 1.29 is 19.2 Å². The van der Waals surface area contributed by atoms with Crippen LogP contribution in [0.25, 0.3) is 0 Å². The third-order valence-corrected chi connectivity index (χ3v) is 18.1. The van der Waals surface area contributed by atoms with Gasteiger partial charge >= 0.3 is 341 Å². The van der Waals surface area contributed by atoms with Gasteiger partial charge in [-0.05, 0) is 0 Å². The number of hydrogen-bond donors (Lipinski definition) is 4. The molecular weight excluding hydrogens is 1070 g/mol. The van der Waals surface area contributed by atoms with Gasteiger partial charge in [-0.3, -0.25) is 0 Å². The molecule has 76 heavy (non-hydrogen) atoms. The van der Waals surface area contributed by atoms with Crippen molar-refractivity contribution in [2.45, 2.75) is 349 Å². The van der Waals surface area contributed by atoms with Crippen LogP contribution in [0.1, 0.15) is 349 Å². The van der Waals surface area contributed by atoms with Crippen molar-refractivity contribution in [3.8, 4) is 0 Å². The van der Waals surface area contributed by atoms with Gasteiger partial charge in [-0.15, -0.1) is 0 Å². The molecule has 8 nitrogen and oxygen atoms in total. The fraction of sp³-hybridized carbons (Fsp3) is 0.818. The second kappa shape index (κ2) is 56.2. The molecule has 0 aromatic carbocycles. The third kappa shape index (κ3) is 46.8. The molecule has 440 valence electrons. The Balaban J connectivity index is 0.000000761. The average molecular weight is 1190 g/mol. The number of carbonyl (C=O) groups is 4. The Hall–Kier alpha value is -2.12. The van der Waals surface area contributed by atoms with Gasteiger partial charge in [0.15, 0.2) is 0 Å². The van der Waals surface area contributed by atoms with E-state index in [-0.39, 0.29) is 52.6 Å². The summed E-state index contributed by atoms with van der Waals surface area (Å²) in [6, 6.07) is 0. The van der Waals surface area contributed by atoms with E-state index in [0.29, 0.717) is 25.7 Å². The quantitative estimate of drug-likeness (QED) is 0.0390. The summed E-state index contributed by atoms with van der Waals surface area (Å²) in [5.74, 6) is 0.301. The molecule has 0 radical (unpaired) electrons. The molecule has 0 unspecified atom stereocenters. The van der Waals surface area contributed by atoms with E-state index in [1.165, 1.54) is 244 Å². The molecule has 0 saturated carbocycles. The summed E-state index contributed by atoms with van der Waals surface area (Å²) >= 11 is 0.412. The van der Waals surface area contributed by atoms with Gasteiger partial charge in [0, 0.05) is 0 Å². The molecule has 0 spiro atoms. The first kappa shape index (κ1) is 71.9. The first-order chi connectivity index (χ1) is 37.3. The van der Waals surface area contributed by atoms with E-state index in [1.54, 1.807) is 0 Å². The molecule has 2 rings (SSSR count). The molecular formula is C66H120N4O4Se2. The molecule has 0 aliphatic heterocycles. The SMILES string of the molecule is CCCCCCCCCCCCCC(=O)Nc1c[se]cc1NC(=O)CCCCCCCCCCCCC.CCCCCCCCCCCCCCC(=O)Nc1c[se]cc1NC(=O)CCCCCCCCCCCCCC. The number of nitrogens with one attached hydrogen (secondary N) is 4. The molecule has 2 aromatic heterocycles. The number of unbranched alkanes of at least 4 members (excludes halogenated alkanes) is 42. The molecule has 4 N–H and O–H groups in total. The number of rotatable bonds is 54. The van der Waals surface area contributed by atoms with E-state index in [0.717, 1.165) is 74.1 Å². The van der Waals surface area contributed by atoms with Gasteiger partial charge in [0.25, 0.3) is 0 Å². The Morgan fingerprint density at radius 1 is 0.237 bits per heavy atom. The van der Waals surface area contributed by atoms with Crippen molar-refractivity contribution in [2.24, 2.45) is 0 Å². The molecule has 0 aliphatic carbocycles. The maximum atomic E-state index is 12.4. The minimum atomic E-state index is 0.0744. The van der Waals surface area contributed by atoms with Crippen LogP contribution in [0.15, 0.2) is 19.8 Å². The summed E-state index contributed by atoms with van der Waals surface area (Å²) < 4.78 is 0. The van der Waals surface area contributed by atoms with Crippen molar-refractivity contribution in [3.63, 3.8) is 0 Å². The molecule has 0 fully saturated rings. The van der Waals surface area contributed by atoms with Gasteiger partial charge in [0.05, 0.1) is 0 Å². The van der Waals surface area contributed by atoms with Crippen LogP contribution in [0.3, 0.4) is 0 Å². The molecule has 2 heterocycles. The van der Waals surface area contributed by atoms with Gasteiger partial charge in [-0.25, -0.2) is 0 Å². The van der Waals surface area contributed by atoms with Crippen LogP contribution in [0, 0.1) is 0 Å². The Labute approximate surface area is 481 Å². The first-order valence-electron chi connectivity index (χ1n) is 32.7. The minimum Gasteiger partial charge on any atom is -0.0654 e. The topological polar surface area (TPSA) is 116 Å². The predicted molar refractivity (Wildman–Crippen MR) is 335 cm³/mol. The average Bonchev–Trinajstić information content (AvgIpc) is 4.05. The zero-order chi connectivity index (χ0) is 55.0. The molecule has 10 heteroatoms. The summed E-state index contributed by atoms with van der Waals surface area (Å²) in [5, 5.41) is 12.2. The smallest absolute Gasteiger partial charge is 0.0654 e. The van der Waals surface area contributed by atoms with Crippen LogP contribution in [0.4, 0.5) is 22.7 Å². The van der Waals surface area contributed by atoms with Gasteiger partial charge < -0.3 is 0 Å². The van der Waals surface area contributed by atoms with Gasteiger partial charge in [0.1, 0.15) is 0 Å². The Bertz CT molecular complexity index is 1500. The second-order valence-corrected chi connectivity index (χ2v) is 25.6. The zero-order valence-corrected chi connectivity index (χ0v) is 53.5. The third-order valence-electron chi connectivity index (χ3n) is 14.9. The van der Waals surface area contributed by atoms with E-state index in [2.05, 4.69) is 68.7 Å². The van der Waals surface area contributed by atoms with Gasteiger partial charge in [-0.1, -0.05) is 143 Å². The minimum absolute atomic E-state index is 0.0744. The number of anilines is 4. The van der Waals surface area contributed by atoms with Crippen molar-refractivity contribution in [1.29, 1.82) is 0 Å². The van der Waals surface area contributed by atoms with Crippen molar-refractivity contribution in [1.82, 2.24) is 0 Å². The second-order valence-electron chi connectivity index (χ2n) is 22.4. The van der Waals surface area contributed by atoms with Gasteiger partial charge in [-0.2, -0.15) is 0 Å². The molecule has 0 atom stereocenters. The monoisotopic (exact) mass is 1190 g/mol. The summed E-state index contributed by atoms with van der Waals surface area (Å²) in [7, 11) is 0. The molecule has 0 bridgehead atoms. The maximum absolute atomic E-state index is 12.4. The van der Waals surface area contributed by atoms with Crippen LogP contribution in [-0.4, -0.2) is 52.6 Å². The number of hydrogen-bond acceptors (Lipinski definition) is 4. The molecule has 2 aromatic rings. The van der Waals surface area contributed by atoms with E-state index in [1.807, 2.05) is 0 Å². The summed E-state index contributed by atoms with van der Waals surface area (Å²) in [6.45, 7) is 9.07. The fourth-order valence-corrected chi connectivity index (χ4v) is 13.0. The van der Waals surface area contributed by atoms with Gasteiger partial charge in [0.2, 0.25) is 0 Å². The zero-order valence-electron chi connectivity index (χ0n) is 50.1. The van der Waals surface area contributed by atoms with Crippen molar-refractivity contribution in [3.05, 3.63) is 19.8 Å². The van der Waals surface area contributed by atoms with Crippen LogP contribution >= 0.6 is 0 Å². The summed E-state index contributed by atoms with van der Waals surface area (Å²) in [6.07, 6.45) is 61.8. The van der Waals surface area contributed by atoms with Crippen molar-refractivity contribution in [2.75, 3.05) is 21.3 Å². The Kier molecular flexibility index (Phi) is 53.1. The predicted octanol–water partition coefficient (Wildman–Crippen LogP) is 20.8. The van der Waals surface area contributed by atoms with E-state index in [4.69, 9.17) is 0 Å². The first-order valence-corrected chi connectivity index (χ1v) is 36.6. The molecule has 4 amide bonds. The number of amides is 4. The normalized spacial score (nSPS) is 11.1. The Morgan fingerprint density at radius 2 is 0.368 bits per heavy atom. The van der Waals surface area contributed by atoms with Crippen LogP contribution < -0.4 is 21.3 Å². The number of carbonyl (C=O) groups excluding carboxylic acids is 4. The molecule has 0 aliphatic rings. The summed E-state index contributed by atoms with van der Waals surface area (Å²) in [4.78, 5) is 57.9. The van der Waals surface area contributed by atoms with E-state index < -0.39 is 0 Å². The molecule has 0 saturated heterocycles.